The number of nitrogens with two attached hydrogens (primary N) is 1. The van der Waals surface area contributed by atoms with Crippen molar-refractivity contribution in [2.45, 2.75) is 23.8 Å². The van der Waals surface area contributed by atoms with Crippen molar-refractivity contribution in [2.24, 2.45) is 5.73 Å². The Hall–Kier alpha value is -1.02. The molecule has 1 atom stereocenters. The molecule has 1 aromatic carbocycles. The van der Waals surface area contributed by atoms with Crippen molar-refractivity contribution in [3.63, 3.8) is 0 Å². The van der Waals surface area contributed by atoms with E-state index in [9.17, 15) is 8.42 Å². The highest BCUT2D eigenvalue weighted by atomic mass is 35.5. The lowest BCUT2D eigenvalue weighted by molar-refractivity contribution is 0.383. The van der Waals surface area contributed by atoms with Gasteiger partial charge in [-0.1, -0.05) is 0 Å². The van der Waals surface area contributed by atoms with E-state index >= 15 is 0 Å². The van der Waals surface area contributed by atoms with E-state index in [0.717, 1.165) is 12.8 Å². The Labute approximate surface area is 131 Å². The minimum Gasteiger partial charge on any atom is -0.497 e. The number of benzene rings is 1. The lowest BCUT2D eigenvalue weighted by atomic mass is 10.2. The number of methoxy groups -OCH3 is 2. The maximum absolute atomic E-state index is 12.7. The summed E-state index contributed by atoms with van der Waals surface area (Å²) in [5.41, 5.74) is 5.66. The van der Waals surface area contributed by atoms with Crippen LogP contribution in [-0.4, -0.2) is 46.1 Å². The van der Waals surface area contributed by atoms with E-state index in [1.807, 2.05) is 0 Å². The molecule has 120 valence electrons. The van der Waals surface area contributed by atoms with Crippen LogP contribution in [0.4, 0.5) is 0 Å². The fourth-order valence-corrected chi connectivity index (χ4v) is 4.18. The summed E-state index contributed by atoms with van der Waals surface area (Å²) >= 11 is 0. The van der Waals surface area contributed by atoms with Gasteiger partial charge < -0.3 is 15.2 Å². The van der Waals surface area contributed by atoms with E-state index in [4.69, 9.17) is 15.2 Å². The summed E-state index contributed by atoms with van der Waals surface area (Å²) in [4.78, 5) is 0.175. The zero-order valence-electron chi connectivity index (χ0n) is 12.1. The first-order chi connectivity index (χ1) is 9.52. The molecule has 1 aliphatic rings. The molecule has 6 nitrogen and oxygen atoms in total. The van der Waals surface area contributed by atoms with Gasteiger partial charge in [0, 0.05) is 37.3 Å². The van der Waals surface area contributed by atoms with Gasteiger partial charge in [-0.15, -0.1) is 12.4 Å². The van der Waals surface area contributed by atoms with Gasteiger partial charge in [0.25, 0.3) is 0 Å². The predicted octanol–water partition coefficient (Wildman–Crippen LogP) is 1.24. The minimum absolute atomic E-state index is 0. The van der Waals surface area contributed by atoms with Crippen LogP contribution in [0.5, 0.6) is 11.5 Å². The number of sulfonamides is 1. The highest BCUT2D eigenvalue weighted by molar-refractivity contribution is 7.89. The number of hydrogen-bond acceptors (Lipinski definition) is 5. The molecular formula is C13H21ClN2O4S. The molecule has 2 rings (SSSR count). The maximum Gasteiger partial charge on any atom is 0.243 e. The zero-order valence-corrected chi connectivity index (χ0v) is 13.7. The topological polar surface area (TPSA) is 81.9 Å². The fourth-order valence-electron chi connectivity index (χ4n) is 2.43. The van der Waals surface area contributed by atoms with Crippen LogP contribution < -0.4 is 15.2 Å². The van der Waals surface area contributed by atoms with Crippen molar-refractivity contribution in [1.82, 2.24) is 4.31 Å². The van der Waals surface area contributed by atoms with E-state index < -0.39 is 10.0 Å². The van der Waals surface area contributed by atoms with Gasteiger partial charge in [0.2, 0.25) is 10.0 Å². The third-order valence-corrected chi connectivity index (χ3v) is 5.46. The highest BCUT2D eigenvalue weighted by Gasteiger charge is 2.34. The molecule has 0 radical (unpaired) electrons. The van der Waals surface area contributed by atoms with Crippen LogP contribution in [-0.2, 0) is 10.0 Å². The summed E-state index contributed by atoms with van der Waals surface area (Å²) in [5.74, 6) is 0.901. The molecule has 1 heterocycles. The summed E-state index contributed by atoms with van der Waals surface area (Å²) in [6, 6.07) is 4.52. The Morgan fingerprint density at radius 1 is 1.24 bits per heavy atom. The Balaban J connectivity index is 0.00000220. The Morgan fingerprint density at radius 3 is 2.29 bits per heavy atom. The minimum atomic E-state index is -3.57. The van der Waals surface area contributed by atoms with Gasteiger partial charge in [-0.2, -0.15) is 4.31 Å². The fraction of sp³-hybridized carbons (Fsp3) is 0.538. The van der Waals surface area contributed by atoms with E-state index in [1.165, 1.54) is 30.7 Å². The third-order valence-electron chi connectivity index (χ3n) is 3.53. The zero-order chi connectivity index (χ0) is 14.8. The molecule has 0 bridgehead atoms. The van der Waals surface area contributed by atoms with E-state index in [0.29, 0.717) is 24.6 Å². The lowest BCUT2D eigenvalue weighted by Gasteiger charge is -2.23. The van der Waals surface area contributed by atoms with Gasteiger partial charge in [-0.05, 0) is 12.8 Å². The van der Waals surface area contributed by atoms with Gasteiger partial charge >= 0.3 is 0 Å². The van der Waals surface area contributed by atoms with Crippen LogP contribution in [0, 0.1) is 0 Å². The average Bonchev–Trinajstić information content (AvgIpc) is 2.95. The quantitative estimate of drug-likeness (QED) is 0.874. The molecule has 1 saturated heterocycles. The number of halogens is 1. The van der Waals surface area contributed by atoms with Crippen molar-refractivity contribution in [2.75, 3.05) is 27.3 Å². The molecule has 21 heavy (non-hydrogen) atoms. The van der Waals surface area contributed by atoms with Crippen LogP contribution in [0.25, 0.3) is 0 Å². The molecule has 0 spiro atoms. The van der Waals surface area contributed by atoms with Gasteiger partial charge in [-0.3, -0.25) is 0 Å². The normalized spacial score (nSPS) is 19.1. The van der Waals surface area contributed by atoms with Crippen LogP contribution >= 0.6 is 12.4 Å². The summed E-state index contributed by atoms with van der Waals surface area (Å²) in [5, 5.41) is 0. The first-order valence-corrected chi connectivity index (χ1v) is 7.92. The van der Waals surface area contributed by atoms with E-state index in [-0.39, 0.29) is 23.3 Å². The van der Waals surface area contributed by atoms with Crippen LogP contribution in [0.15, 0.2) is 23.1 Å². The molecule has 0 aliphatic carbocycles. The standard InChI is InChI=1S/C13H20N2O4S.ClH/c1-18-11-6-12(19-2)8-13(7-11)20(16,17)15-5-3-4-10(15)9-14;/h6-8,10H,3-5,9,14H2,1-2H3;1H. The second-order valence-corrected chi connectivity index (χ2v) is 6.59. The van der Waals surface area contributed by atoms with Crippen molar-refractivity contribution >= 4 is 22.4 Å². The van der Waals surface area contributed by atoms with Gasteiger partial charge in [0.05, 0.1) is 19.1 Å². The predicted molar refractivity (Wildman–Crippen MR) is 82.8 cm³/mol. The molecule has 1 unspecified atom stereocenters. The van der Waals surface area contributed by atoms with Crippen LogP contribution in [0.2, 0.25) is 0 Å². The summed E-state index contributed by atoms with van der Waals surface area (Å²) in [6.45, 7) is 0.837. The monoisotopic (exact) mass is 336 g/mol. The number of rotatable bonds is 5. The molecule has 8 heteroatoms. The van der Waals surface area contributed by atoms with Crippen molar-refractivity contribution < 1.29 is 17.9 Å². The van der Waals surface area contributed by atoms with E-state index in [1.54, 1.807) is 6.07 Å². The first kappa shape index (κ1) is 18.0. The molecule has 0 aromatic heterocycles. The largest absolute Gasteiger partial charge is 0.497 e. The first-order valence-electron chi connectivity index (χ1n) is 6.48. The Kier molecular flexibility index (Phi) is 6.27. The van der Waals surface area contributed by atoms with Crippen LogP contribution in [0.1, 0.15) is 12.8 Å². The van der Waals surface area contributed by atoms with Crippen molar-refractivity contribution in [1.29, 1.82) is 0 Å². The van der Waals surface area contributed by atoms with Gasteiger partial charge in [-0.25, -0.2) is 8.42 Å². The Morgan fingerprint density at radius 2 is 1.81 bits per heavy atom. The smallest absolute Gasteiger partial charge is 0.243 e. The van der Waals surface area contributed by atoms with Gasteiger partial charge in [0.1, 0.15) is 11.5 Å². The molecule has 1 aromatic rings. The third kappa shape index (κ3) is 3.60. The number of hydrogen-bond donors (Lipinski definition) is 1. The highest BCUT2D eigenvalue weighted by Crippen LogP contribution is 2.30. The second kappa shape index (κ2) is 7.31. The average molecular weight is 337 g/mol. The summed E-state index contributed by atoms with van der Waals surface area (Å²) in [6.07, 6.45) is 1.64. The summed E-state index contributed by atoms with van der Waals surface area (Å²) in [7, 11) is -0.592. The van der Waals surface area contributed by atoms with Crippen LogP contribution in [0.3, 0.4) is 0 Å². The maximum atomic E-state index is 12.7. The van der Waals surface area contributed by atoms with Gasteiger partial charge in [0.15, 0.2) is 0 Å². The molecular weight excluding hydrogens is 316 g/mol. The van der Waals surface area contributed by atoms with Crippen molar-refractivity contribution in [3.05, 3.63) is 18.2 Å². The number of nitrogens with zero attached hydrogens (tertiary/aromatic N) is 1. The number of ether oxygens (including phenoxy) is 2. The Bertz CT molecular complexity index is 557. The molecule has 1 fully saturated rings. The molecule has 0 amide bonds. The van der Waals surface area contributed by atoms with E-state index in [2.05, 4.69) is 0 Å². The van der Waals surface area contributed by atoms with Crippen molar-refractivity contribution in [3.8, 4) is 11.5 Å². The second-order valence-electron chi connectivity index (χ2n) is 4.70. The molecule has 0 saturated carbocycles. The lowest BCUT2D eigenvalue weighted by Crippen LogP contribution is -2.39. The summed E-state index contributed by atoms with van der Waals surface area (Å²) < 4.78 is 37.1. The molecule has 2 N–H and O–H groups in total. The molecule has 1 aliphatic heterocycles. The SMILES string of the molecule is COc1cc(OC)cc(S(=O)(=O)N2CCCC2CN)c1.Cl.